The van der Waals surface area contributed by atoms with E-state index in [2.05, 4.69) is 48.5 Å². The van der Waals surface area contributed by atoms with Gasteiger partial charge in [0.15, 0.2) is 6.04 Å². The van der Waals surface area contributed by atoms with Crippen LogP contribution in [-0.2, 0) is 0 Å². The molecule has 0 aliphatic heterocycles. The standard InChI is InChI=1S/C13H12N2/c14-15-13-11-7-3-1-5-9(11)10-6-2-4-8-12(10)13/h1-8,13,15H,14H2/p+1. The molecule has 0 saturated carbocycles. The van der Waals surface area contributed by atoms with Crippen molar-refractivity contribution in [1.82, 2.24) is 0 Å². The first-order valence-corrected chi connectivity index (χ1v) is 5.15. The Bertz CT molecular complexity index is 460. The minimum atomic E-state index is 0.261. The highest BCUT2D eigenvalue weighted by atomic mass is 15.2. The second-order valence-electron chi connectivity index (χ2n) is 3.84. The fourth-order valence-corrected chi connectivity index (χ4v) is 2.40. The maximum atomic E-state index is 5.74. The van der Waals surface area contributed by atoms with E-state index in [1.165, 1.54) is 22.3 Å². The Balaban J connectivity index is 2.31. The van der Waals surface area contributed by atoms with Crippen molar-refractivity contribution < 1.29 is 5.43 Å². The normalized spacial score (nSPS) is 13.7. The van der Waals surface area contributed by atoms with Gasteiger partial charge in [0.1, 0.15) is 0 Å². The Kier molecular flexibility index (Phi) is 1.84. The van der Waals surface area contributed by atoms with Crippen LogP contribution in [0, 0.1) is 0 Å². The van der Waals surface area contributed by atoms with Gasteiger partial charge in [0.2, 0.25) is 0 Å². The first-order valence-electron chi connectivity index (χ1n) is 5.15. The number of rotatable bonds is 1. The van der Waals surface area contributed by atoms with Crippen molar-refractivity contribution in [2.45, 2.75) is 6.04 Å². The molecule has 74 valence electrons. The lowest BCUT2D eigenvalue weighted by Crippen LogP contribution is -2.92. The molecule has 1 aliphatic rings. The van der Waals surface area contributed by atoms with E-state index in [9.17, 15) is 0 Å². The van der Waals surface area contributed by atoms with E-state index in [1.54, 1.807) is 5.43 Å². The fourth-order valence-electron chi connectivity index (χ4n) is 2.40. The number of quaternary nitrogens is 1. The lowest BCUT2D eigenvalue weighted by atomic mass is 10.1. The van der Waals surface area contributed by atoms with Crippen LogP contribution in [0.1, 0.15) is 17.2 Å². The molecule has 2 aromatic rings. The van der Waals surface area contributed by atoms with Gasteiger partial charge in [-0.3, -0.25) is 5.43 Å². The van der Waals surface area contributed by atoms with Crippen LogP contribution in [0.3, 0.4) is 0 Å². The molecule has 1 aliphatic carbocycles. The molecule has 2 heteroatoms. The summed E-state index contributed by atoms with van der Waals surface area (Å²) in [5, 5.41) is 0. The third-order valence-electron chi connectivity index (χ3n) is 3.07. The van der Waals surface area contributed by atoms with Crippen LogP contribution >= 0.6 is 0 Å². The Labute approximate surface area is 88.7 Å². The van der Waals surface area contributed by atoms with Crippen LogP contribution in [0.15, 0.2) is 48.5 Å². The molecule has 0 saturated heterocycles. The van der Waals surface area contributed by atoms with Crippen molar-refractivity contribution in [3.05, 3.63) is 59.7 Å². The maximum Gasteiger partial charge on any atom is 0.156 e. The van der Waals surface area contributed by atoms with Gasteiger partial charge in [-0.05, 0) is 11.1 Å². The summed E-state index contributed by atoms with van der Waals surface area (Å²) in [5.74, 6) is 5.74. The molecule has 2 nitrogen and oxygen atoms in total. The van der Waals surface area contributed by atoms with E-state index >= 15 is 0 Å². The van der Waals surface area contributed by atoms with Crippen molar-refractivity contribution in [2.75, 3.05) is 0 Å². The molecule has 0 unspecified atom stereocenters. The quantitative estimate of drug-likeness (QED) is 0.523. The van der Waals surface area contributed by atoms with Gasteiger partial charge in [-0.2, -0.15) is 5.84 Å². The van der Waals surface area contributed by atoms with E-state index < -0.39 is 0 Å². The molecule has 3 rings (SSSR count). The molecule has 0 bridgehead atoms. The van der Waals surface area contributed by atoms with Crippen molar-refractivity contribution in [1.29, 1.82) is 0 Å². The Morgan fingerprint density at radius 3 is 1.73 bits per heavy atom. The van der Waals surface area contributed by atoms with Gasteiger partial charge in [-0.1, -0.05) is 48.5 Å². The van der Waals surface area contributed by atoms with Crippen molar-refractivity contribution >= 4 is 0 Å². The van der Waals surface area contributed by atoms with Gasteiger partial charge in [-0.15, -0.1) is 0 Å². The average molecular weight is 197 g/mol. The number of benzene rings is 2. The Morgan fingerprint density at radius 2 is 1.27 bits per heavy atom. The minimum absolute atomic E-state index is 0.261. The predicted molar refractivity (Wildman–Crippen MR) is 59.8 cm³/mol. The van der Waals surface area contributed by atoms with Crippen LogP contribution in [0.4, 0.5) is 0 Å². The molecular weight excluding hydrogens is 184 g/mol. The van der Waals surface area contributed by atoms with Gasteiger partial charge < -0.3 is 0 Å². The van der Waals surface area contributed by atoms with Crippen LogP contribution in [-0.4, -0.2) is 0 Å². The molecule has 0 radical (unpaired) electrons. The smallest absolute Gasteiger partial charge is 0.156 e. The summed E-state index contributed by atoms with van der Waals surface area (Å²) in [6.07, 6.45) is 0. The third-order valence-corrected chi connectivity index (χ3v) is 3.07. The van der Waals surface area contributed by atoms with Crippen molar-refractivity contribution in [3.8, 4) is 11.1 Å². The van der Waals surface area contributed by atoms with E-state index in [0.717, 1.165) is 0 Å². The zero-order valence-corrected chi connectivity index (χ0v) is 8.35. The second kappa shape index (κ2) is 3.19. The second-order valence-corrected chi connectivity index (χ2v) is 3.84. The van der Waals surface area contributed by atoms with Gasteiger partial charge >= 0.3 is 0 Å². The SMILES string of the molecule is N[NH2+]C1c2ccccc2-c2ccccc21. The minimum Gasteiger partial charge on any atom is -0.261 e. The molecule has 0 aromatic heterocycles. The summed E-state index contributed by atoms with van der Waals surface area (Å²) in [6, 6.07) is 17.2. The first kappa shape index (κ1) is 8.65. The van der Waals surface area contributed by atoms with E-state index in [4.69, 9.17) is 5.84 Å². The lowest BCUT2D eigenvalue weighted by Gasteiger charge is -2.06. The zero-order valence-electron chi connectivity index (χ0n) is 8.35. The molecule has 0 heterocycles. The third kappa shape index (κ3) is 1.12. The zero-order chi connectivity index (χ0) is 10.3. The molecule has 4 N–H and O–H groups in total. The van der Waals surface area contributed by atoms with Gasteiger partial charge in [0.05, 0.1) is 0 Å². The Morgan fingerprint density at radius 1 is 0.800 bits per heavy atom. The number of hydrogen-bond acceptors (Lipinski definition) is 1. The molecule has 0 atom stereocenters. The summed E-state index contributed by atoms with van der Waals surface area (Å²) in [5.41, 5.74) is 7.06. The highest BCUT2D eigenvalue weighted by Gasteiger charge is 2.29. The fraction of sp³-hybridized carbons (Fsp3) is 0.0769. The number of hydrogen-bond donors (Lipinski definition) is 2. The van der Waals surface area contributed by atoms with E-state index in [-0.39, 0.29) is 6.04 Å². The van der Waals surface area contributed by atoms with Crippen LogP contribution in [0.25, 0.3) is 11.1 Å². The molecular formula is C13H13N2+. The average Bonchev–Trinajstić information content (AvgIpc) is 2.63. The van der Waals surface area contributed by atoms with Gasteiger partial charge in [-0.25, -0.2) is 0 Å². The molecule has 2 aromatic carbocycles. The van der Waals surface area contributed by atoms with Gasteiger partial charge in [0.25, 0.3) is 0 Å². The van der Waals surface area contributed by atoms with Crippen LogP contribution in [0.2, 0.25) is 0 Å². The molecule has 0 spiro atoms. The number of fused-ring (bicyclic) bond motifs is 3. The van der Waals surface area contributed by atoms with Crippen LogP contribution in [0.5, 0.6) is 0 Å². The molecule has 0 amide bonds. The lowest BCUT2D eigenvalue weighted by molar-refractivity contribution is -0.698. The summed E-state index contributed by atoms with van der Waals surface area (Å²) in [4.78, 5) is 0. The number of nitrogens with two attached hydrogens (primary N) is 2. The largest absolute Gasteiger partial charge is 0.261 e. The maximum absolute atomic E-state index is 5.74. The van der Waals surface area contributed by atoms with Gasteiger partial charge in [0, 0.05) is 11.1 Å². The summed E-state index contributed by atoms with van der Waals surface area (Å²) in [7, 11) is 0. The topological polar surface area (TPSA) is 42.6 Å². The molecule has 15 heavy (non-hydrogen) atoms. The van der Waals surface area contributed by atoms with Crippen molar-refractivity contribution in [2.24, 2.45) is 5.84 Å². The monoisotopic (exact) mass is 197 g/mol. The highest BCUT2D eigenvalue weighted by molar-refractivity contribution is 5.77. The first-order chi connectivity index (χ1) is 7.42. The summed E-state index contributed by atoms with van der Waals surface area (Å²) in [6.45, 7) is 0. The molecule has 0 fully saturated rings. The summed E-state index contributed by atoms with van der Waals surface area (Å²) >= 11 is 0. The predicted octanol–water partition coefficient (Wildman–Crippen LogP) is 1.19. The van der Waals surface area contributed by atoms with E-state index in [0.29, 0.717) is 0 Å². The van der Waals surface area contributed by atoms with E-state index in [1.807, 2.05) is 0 Å². The highest BCUT2D eigenvalue weighted by Crippen LogP contribution is 2.40. The Hall–Kier alpha value is -1.64. The van der Waals surface area contributed by atoms with Crippen LogP contribution < -0.4 is 11.3 Å². The summed E-state index contributed by atoms with van der Waals surface area (Å²) < 4.78 is 0. The van der Waals surface area contributed by atoms with Crippen molar-refractivity contribution in [3.63, 3.8) is 0 Å².